The van der Waals surface area contributed by atoms with Crippen molar-refractivity contribution in [1.29, 1.82) is 0 Å². The van der Waals surface area contributed by atoms with Crippen LogP contribution in [0.25, 0.3) is 6.08 Å². The largest absolute Gasteiger partial charge is 0.454 e. The highest BCUT2D eigenvalue weighted by atomic mass is 16.7. The molecule has 0 fully saturated rings. The number of nitrogens with one attached hydrogen (secondary N) is 1. The molecule has 152 valence electrons. The molecule has 29 heavy (non-hydrogen) atoms. The lowest BCUT2D eigenvalue weighted by molar-refractivity contribution is -0.148. The Morgan fingerprint density at radius 3 is 2.69 bits per heavy atom. The highest BCUT2D eigenvalue weighted by molar-refractivity contribution is 5.97. The SMILES string of the molecule is CC[C@H](C)c1ccccc1NC(=O)[C@H](C)OC(=O)/C=C/c1ccc2c(c1)OCO2. The predicted molar refractivity (Wildman–Crippen MR) is 111 cm³/mol. The molecular weight excluding hydrogens is 370 g/mol. The highest BCUT2D eigenvalue weighted by Gasteiger charge is 2.19. The number of benzene rings is 2. The van der Waals surface area contributed by atoms with Crippen LogP contribution in [0.15, 0.2) is 48.5 Å². The zero-order valence-electron chi connectivity index (χ0n) is 16.8. The monoisotopic (exact) mass is 395 g/mol. The van der Waals surface area contributed by atoms with Crippen LogP contribution in [0.3, 0.4) is 0 Å². The van der Waals surface area contributed by atoms with Crippen molar-refractivity contribution in [2.45, 2.75) is 39.2 Å². The van der Waals surface area contributed by atoms with Crippen LogP contribution in [0.1, 0.15) is 44.2 Å². The van der Waals surface area contributed by atoms with Crippen molar-refractivity contribution < 1.29 is 23.8 Å². The Labute approximate surface area is 170 Å². The number of carbonyl (C=O) groups excluding carboxylic acids is 2. The summed E-state index contributed by atoms with van der Waals surface area (Å²) in [6, 6.07) is 13.0. The maximum absolute atomic E-state index is 12.5. The number of anilines is 1. The van der Waals surface area contributed by atoms with E-state index in [0.717, 1.165) is 23.2 Å². The molecule has 1 amide bonds. The second-order valence-corrected chi connectivity index (χ2v) is 6.91. The van der Waals surface area contributed by atoms with Gasteiger partial charge in [0.15, 0.2) is 17.6 Å². The van der Waals surface area contributed by atoms with Crippen LogP contribution in [-0.4, -0.2) is 24.8 Å². The van der Waals surface area contributed by atoms with E-state index in [2.05, 4.69) is 19.2 Å². The van der Waals surface area contributed by atoms with Gasteiger partial charge in [0.05, 0.1) is 0 Å². The average molecular weight is 395 g/mol. The molecule has 0 saturated carbocycles. The normalized spacial score (nSPS) is 14.4. The number of ether oxygens (including phenoxy) is 3. The molecule has 0 unspecified atom stereocenters. The Morgan fingerprint density at radius 1 is 1.14 bits per heavy atom. The number of hydrogen-bond acceptors (Lipinski definition) is 5. The summed E-state index contributed by atoms with van der Waals surface area (Å²) in [6.45, 7) is 5.94. The third-order valence-electron chi connectivity index (χ3n) is 4.83. The minimum absolute atomic E-state index is 0.192. The second-order valence-electron chi connectivity index (χ2n) is 6.91. The van der Waals surface area contributed by atoms with Gasteiger partial charge in [-0.3, -0.25) is 4.79 Å². The lowest BCUT2D eigenvalue weighted by atomic mass is 9.97. The first-order valence-corrected chi connectivity index (χ1v) is 9.66. The van der Waals surface area contributed by atoms with Crippen molar-refractivity contribution in [2.75, 3.05) is 12.1 Å². The third-order valence-corrected chi connectivity index (χ3v) is 4.83. The number of carbonyl (C=O) groups is 2. The number of esters is 1. The van der Waals surface area contributed by atoms with E-state index in [0.29, 0.717) is 17.4 Å². The van der Waals surface area contributed by atoms with Crippen LogP contribution in [0.2, 0.25) is 0 Å². The lowest BCUT2D eigenvalue weighted by Crippen LogP contribution is -2.29. The first kappa shape index (κ1) is 20.5. The molecule has 0 spiro atoms. The van der Waals surface area contributed by atoms with Crippen LogP contribution in [0.5, 0.6) is 11.5 Å². The molecule has 0 bridgehead atoms. The molecule has 0 aliphatic carbocycles. The summed E-state index contributed by atoms with van der Waals surface area (Å²) in [5.74, 6) is 0.654. The van der Waals surface area contributed by atoms with Gasteiger partial charge in [0.1, 0.15) is 0 Å². The van der Waals surface area contributed by atoms with Crippen molar-refractivity contribution in [3.8, 4) is 11.5 Å². The van der Waals surface area contributed by atoms with E-state index in [1.54, 1.807) is 31.2 Å². The zero-order valence-corrected chi connectivity index (χ0v) is 16.8. The fourth-order valence-electron chi connectivity index (χ4n) is 2.94. The Bertz CT molecular complexity index is 921. The summed E-state index contributed by atoms with van der Waals surface area (Å²) < 4.78 is 15.8. The standard InChI is InChI=1S/C23H25NO5/c1-4-15(2)18-7-5-6-8-19(18)24-23(26)16(3)29-22(25)12-10-17-9-11-20-21(13-17)28-14-27-20/h5-13,15-16H,4,14H2,1-3H3,(H,24,26)/b12-10+/t15-,16-/m0/s1. The van der Waals surface area contributed by atoms with Crippen LogP contribution in [0, 0.1) is 0 Å². The Morgan fingerprint density at radius 2 is 1.90 bits per heavy atom. The van der Waals surface area contributed by atoms with Gasteiger partial charge < -0.3 is 19.5 Å². The average Bonchev–Trinajstić information content (AvgIpc) is 3.20. The van der Waals surface area contributed by atoms with E-state index >= 15 is 0 Å². The Kier molecular flexibility index (Phi) is 6.54. The number of amides is 1. The molecule has 2 aromatic carbocycles. The maximum atomic E-state index is 12.5. The molecule has 2 aromatic rings. The van der Waals surface area contributed by atoms with E-state index in [1.165, 1.54) is 6.08 Å². The van der Waals surface area contributed by atoms with Gasteiger partial charge in [-0.15, -0.1) is 0 Å². The number of hydrogen-bond donors (Lipinski definition) is 1. The number of para-hydroxylation sites is 1. The number of fused-ring (bicyclic) bond motifs is 1. The topological polar surface area (TPSA) is 73.9 Å². The van der Waals surface area contributed by atoms with Gasteiger partial charge in [-0.05, 0) is 54.7 Å². The summed E-state index contributed by atoms with van der Waals surface area (Å²) in [5, 5.41) is 2.86. The van der Waals surface area contributed by atoms with E-state index in [4.69, 9.17) is 14.2 Å². The van der Waals surface area contributed by atoms with E-state index in [9.17, 15) is 9.59 Å². The molecule has 6 heteroatoms. The van der Waals surface area contributed by atoms with Gasteiger partial charge in [0, 0.05) is 11.8 Å². The summed E-state index contributed by atoms with van der Waals surface area (Å²) in [7, 11) is 0. The van der Waals surface area contributed by atoms with Gasteiger partial charge in [0.2, 0.25) is 6.79 Å². The smallest absolute Gasteiger partial charge is 0.331 e. The van der Waals surface area contributed by atoms with Gasteiger partial charge >= 0.3 is 5.97 Å². The van der Waals surface area contributed by atoms with Gasteiger partial charge in [-0.1, -0.05) is 38.1 Å². The molecule has 0 aromatic heterocycles. The number of rotatable bonds is 7. The van der Waals surface area contributed by atoms with Crippen molar-refractivity contribution in [3.05, 3.63) is 59.7 Å². The van der Waals surface area contributed by atoms with E-state index < -0.39 is 12.1 Å². The van der Waals surface area contributed by atoms with Crippen molar-refractivity contribution in [1.82, 2.24) is 0 Å². The molecule has 1 aliphatic heterocycles. The minimum atomic E-state index is -0.922. The quantitative estimate of drug-likeness (QED) is 0.551. The van der Waals surface area contributed by atoms with Crippen molar-refractivity contribution in [2.24, 2.45) is 0 Å². The fourth-order valence-corrected chi connectivity index (χ4v) is 2.94. The van der Waals surface area contributed by atoms with Crippen molar-refractivity contribution >= 4 is 23.6 Å². The summed E-state index contributed by atoms with van der Waals surface area (Å²) >= 11 is 0. The molecule has 0 saturated heterocycles. The molecule has 1 aliphatic rings. The lowest BCUT2D eigenvalue weighted by Gasteiger charge is -2.17. The summed E-state index contributed by atoms with van der Waals surface area (Å²) in [6.07, 6.45) is 2.93. The van der Waals surface area contributed by atoms with Crippen LogP contribution in [-0.2, 0) is 14.3 Å². The molecule has 1 N–H and O–H groups in total. The first-order chi connectivity index (χ1) is 14.0. The Hall–Kier alpha value is -3.28. The summed E-state index contributed by atoms with van der Waals surface area (Å²) in [5.41, 5.74) is 2.57. The first-order valence-electron chi connectivity index (χ1n) is 9.66. The van der Waals surface area contributed by atoms with Gasteiger partial charge in [-0.25, -0.2) is 4.79 Å². The Balaban J connectivity index is 1.57. The molecule has 0 radical (unpaired) electrons. The van der Waals surface area contributed by atoms with Gasteiger partial charge in [-0.2, -0.15) is 0 Å². The molecule has 1 heterocycles. The fraction of sp³-hybridized carbons (Fsp3) is 0.304. The highest BCUT2D eigenvalue weighted by Crippen LogP contribution is 2.32. The predicted octanol–water partition coefficient (Wildman–Crippen LogP) is 4.51. The zero-order chi connectivity index (χ0) is 20.8. The van der Waals surface area contributed by atoms with Crippen LogP contribution >= 0.6 is 0 Å². The van der Waals surface area contributed by atoms with Crippen LogP contribution in [0.4, 0.5) is 5.69 Å². The third kappa shape index (κ3) is 5.16. The molecule has 6 nitrogen and oxygen atoms in total. The molecular formula is C23H25NO5. The second kappa shape index (κ2) is 9.28. The minimum Gasteiger partial charge on any atom is -0.454 e. The van der Waals surface area contributed by atoms with Crippen molar-refractivity contribution in [3.63, 3.8) is 0 Å². The van der Waals surface area contributed by atoms with E-state index in [1.807, 2.05) is 24.3 Å². The van der Waals surface area contributed by atoms with E-state index in [-0.39, 0.29) is 12.7 Å². The van der Waals surface area contributed by atoms with Gasteiger partial charge in [0.25, 0.3) is 5.91 Å². The molecule has 2 atom stereocenters. The molecule has 3 rings (SSSR count). The maximum Gasteiger partial charge on any atom is 0.331 e. The summed E-state index contributed by atoms with van der Waals surface area (Å²) in [4.78, 5) is 24.6. The van der Waals surface area contributed by atoms with Crippen LogP contribution < -0.4 is 14.8 Å².